The number of oxazole rings is 1. The molecule has 2 aromatic rings. The van der Waals surface area contributed by atoms with Gasteiger partial charge in [-0.3, -0.25) is 0 Å². The van der Waals surface area contributed by atoms with E-state index < -0.39 is 0 Å². The number of halogens is 1. The monoisotopic (exact) mass is 196 g/mol. The van der Waals surface area contributed by atoms with Gasteiger partial charge in [-0.2, -0.15) is 0 Å². The predicted octanol–water partition coefficient (Wildman–Crippen LogP) is 2.29. The minimum Gasteiger partial charge on any atom is -0.435 e. The number of hydrogen-bond acceptors (Lipinski definition) is 4. The van der Waals surface area contributed by atoms with Gasteiger partial charge < -0.3 is 9.62 Å². The largest absolute Gasteiger partial charge is 0.435 e. The Hall–Kier alpha value is -1.55. The number of benzene rings is 1. The van der Waals surface area contributed by atoms with Gasteiger partial charge in [0.05, 0.1) is 0 Å². The van der Waals surface area contributed by atoms with E-state index in [4.69, 9.17) is 21.2 Å². The van der Waals surface area contributed by atoms with E-state index in [0.717, 1.165) is 6.21 Å². The lowest BCUT2D eigenvalue weighted by molar-refractivity contribution is 0.320. The summed E-state index contributed by atoms with van der Waals surface area (Å²) in [5, 5.41) is 11.6. The molecule has 1 aromatic heterocycles. The average Bonchev–Trinajstić information content (AvgIpc) is 2.46. The summed E-state index contributed by atoms with van der Waals surface area (Å²) in [7, 11) is 0. The molecule has 4 nitrogen and oxygen atoms in total. The lowest BCUT2D eigenvalue weighted by atomic mass is 10.3. The summed E-state index contributed by atoms with van der Waals surface area (Å²) < 4.78 is 5.18. The predicted molar refractivity (Wildman–Crippen MR) is 48.4 cm³/mol. The molecule has 0 bridgehead atoms. The van der Waals surface area contributed by atoms with Crippen molar-refractivity contribution in [3.05, 3.63) is 29.1 Å². The molecule has 1 heterocycles. The number of oxime groups is 1. The normalized spacial score (nSPS) is 11.5. The van der Waals surface area contributed by atoms with Crippen molar-refractivity contribution in [2.75, 3.05) is 0 Å². The van der Waals surface area contributed by atoms with Crippen LogP contribution in [0.4, 0.5) is 0 Å². The van der Waals surface area contributed by atoms with Gasteiger partial charge in [-0.25, -0.2) is 4.98 Å². The molecule has 0 saturated heterocycles. The maximum atomic E-state index is 8.24. The Morgan fingerprint density at radius 3 is 3.15 bits per heavy atom. The average molecular weight is 197 g/mol. The van der Waals surface area contributed by atoms with Gasteiger partial charge >= 0.3 is 0 Å². The Morgan fingerprint density at radius 2 is 2.38 bits per heavy atom. The Kier molecular flexibility index (Phi) is 1.90. The summed E-state index contributed by atoms with van der Waals surface area (Å²) >= 11 is 5.74. The van der Waals surface area contributed by atoms with Crippen LogP contribution in [0.15, 0.2) is 27.8 Å². The molecule has 0 atom stereocenters. The highest BCUT2D eigenvalue weighted by atomic mass is 35.5. The Morgan fingerprint density at radius 1 is 1.54 bits per heavy atom. The summed E-state index contributed by atoms with van der Waals surface area (Å²) in [6.45, 7) is 0. The van der Waals surface area contributed by atoms with E-state index in [1.807, 2.05) is 0 Å². The second-order valence-corrected chi connectivity index (χ2v) is 2.85. The molecular weight excluding hydrogens is 192 g/mol. The molecule has 5 heteroatoms. The van der Waals surface area contributed by atoms with Gasteiger partial charge in [0.2, 0.25) is 5.89 Å². The molecule has 0 aliphatic heterocycles. The molecule has 0 radical (unpaired) electrons. The third-order valence-corrected chi connectivity index (χ3v) is 1.77. The van der Waals surface area contributed by atoms with Crippen LogP contribution in [0.3, 0.4) is 0 Å². The Labute approximate surface area is 78.4 Å². The van der Waals surface area contributed by atoms with Gasteiger partial charge in [-0.15, -0.1) is 0 Å². The zero-order valence-electron chi connectivity index (χ0n) is 6.44. The highest BCUT2D eigenvalue weighted by molar-refractivity contribution is 6.31. The van der Waals surface area contributed by atoms with Gasteiger partial charge in [-0.05, 0) is 18.2 Å². The summed E-state index contributed by atoms with van der Waals surface area (Å²) in [5.74, 6) is 0.250. The quantitative estimate of drug-likeness (QED) is 0.433. The van der Waals surface area contributed by atoms with Gasteiger partial charge in [0, 0.05) is 5.02 Å². The van der Waals surface area contributed by atoms with E-state index >= 15 is 0 Å². The molecule has 0 aliphatic rings. The molecule has 0 unspecified atom stereocenters. The molecule has 0 fully saturated rings. The number of hydrogen-bond donors (Lipinski definition) is 1. The van der Waals surface area contributed by atoms with Crippen molar-refractivity contribution in [3.8, 4) is 0 Å². The van der Waals surface area contributed by atoms with Crippen LogP contribution < -0.4 is 0 Å². The number of nitrogens with zero attached hydrogens (tertiary/aromatic N) is 2. The van der Waals surface area contributed by atoms with Crippen LogP contribution in [0, 0.1) is 0 Å². The molecule has 2 rings (SSSR count). The SMILES string of the molecule is ON=Cc1nc2cc(Cl)ccc2o1. The molecule has 1 aromatic carbocycles. The second kappa shape index (κ2) is 3.06. The Bertz CT molecular complexity index is 464. The van der Waals surface area contributed by atoms with Crippen LogP contribution in [0.25, 0.3) is 11.1 Å². The first-order chi connectivity index (χ1) is 6.29. The third kappa shape index (κ3) is 1.48. The van der Waals surface area contributed by atoms with Crippen LogP contribution in [0.1, 0.15) is 5.89 Å². The van der Waals surface area contributed by atoms with E-state index in [0.29, 0.717) is 16.1 Å². The van der Waals surface area contributed by atoms with Gasteiger partial charge in [-0.1, -0.05) is 16.8 Å². The molecule has 1 N–H and O–H groups in total. The lowest BCUT2D eigenvalue weighted by Crippen LogP contribution is -1.77. The topological polar surface area (TPSA) is 58.6 Å². The van der Waals surface area contributed by atoms with Crippen LogP contribution in [0.2, 0.25) is 5.02 Å². The fraction of sp³-hybridized carbons (Fsp3) is 0. The molecular formula is C8H5ClN2O2. The van der Waals surface area contributed by atoms with Crippen molar-refractivity contribution in [1.29, 1.82) is 0 Å². The first kappa shape index (κ1) is 8.07. The lowest BCUT2D eigenvalue weighted by Gasteiger charge is -1.85. The molecule has 66 valence electrons. The molecule has 0 amide bonds. The second-order valence-electron chi connectivity index (χ2n) is 2.41. The highest BCUT2D eigenvalue weighted by Crippen LogP contribution is 2.18. The maximum absolute atomic E-state index is 8.24. The van der Waals surface area contributed by atoms with Crippen LogP contribution >= 0.6 is 11.6 Å². The van der Waals surface area contributed by atoms with E-state index in [-0.39, 0.29) is 5.89 Å². The third-order valence-electron chi connectivity index (χ3n) is 1.53. The van der Waals surface area contributed by atoms with E-state index in [2.05, 4.69) is 10.1 Å². The highest BCUT2D eigenvalue weighted by Gasteiger charge is 2.03. The van der Waals surface area contributed by atoms with Crippen molar-refractivity contribution in [2.24, 2.45) is 5.16 Å². The summed E-state index contributed by atoms with van der Waals surface area (Å²) in [5.41, 5.74) is 1.25. The summed E-state index contributed by atoms with van der Waals surface area (Å²) in [6, 6.07) is 5.09. The maximum Gasteiger partial charge on any atom is 0.241 e. The standard InChI is InChI=1S/C8H5ClN2O2/c9-5-1-2-7-6(3-5)11-8(13-7)4-10-12/h1-4,12H. The summed E-state index contributed by atoms with van der Waals surface area (Å²) in [6.07, 6.45) is 1.12. The smallest absolute Gasteiger partial charge is 0.241 e. The van der Waals surface area contributed by atoms with Crippen LogP contribution in [-0.2, 0) is 0 Å². The zero-order valence-corrected chi connectivity index (χ0v) is 7.19. The molecule has 0 saturated carbocycles. The van der Waals surface area contributed by atoms with Gasteiger partial charge in [0.15, 0.2) is 5.58 Å². The fourth-order valence-electron chi connectivity index (χ4n) is 1.02. The number of fused-ring (bicyclic) bond motifs is 1. The van der Waals surface area contributed by atoms with E-state index in [1.54, 1.807) is 18.2 Å². The fourth-order valence-corrected chi connectivity index (χ4v) is 1.19. The number of aromatic nitrogens is 1. The van der Waals surface area contributed by atoms with Crippen LogP contribution in [0.5, 0.6) is 0 Å². The Balaban J connectivity index is 2.62. The number of rotatable bonds is 1. The first-order valence-electron chi connectivity index (χ1n) is 3.53. The van der Waals surface area contributed by atoms with Crippen molar-refractivity contribution in [1.82, 2.24) is 4.98 Å². The van der Waals surface area contributed by atoms with Crippen molar-refractivity contribution in [2.45, 2.75) is 0 Å². The van der Waals surface area contributed by atoms with Crippen molar-refractivity contribution < 1.29 is 9.62 Å². The van der Waals surface area contributed by atoms with Crippen molar-refractivity contribution >= 4 is 28.9 Å². The molecule has 0 spiro atoms. The van der Waals surface area contributed by atoms with Gasteiger partial charge in [0.1, 0.15) is 11.7 Å². The minimum absolute atomic E-state index is 0.250. The van der Waals surface area contributed by atoms with E-state index in [1.165, 1.54) is 0 Å². The first-order valence-corrected chi connectivity index (χ1v) is 3.91. The summed E-state index contributed by atoms with van der Waals surface area (Å²) in [4.78, 5) is 4.00. The van der Waals surface area contributed by atoms with E-state index in [9.17, 15) is 0 Å². The van der Waals surface area contributed by atoms with Crippen LogP contribution in [-0.4, -0.2) is 16.4 Å². The molecule has 13 heavy (non-hydrogen) atoms. The van der Waals surface area contributed by atoms with Crippen molar-refractivity contribution in [3.63, 3.8) is 0 Å². The van der Waals surface area contributed by atoms with Gasteiger partial charge in [0.25, 0.3) is 0 Å². The molecule has 0 aliphatic carbocycles. The minimum atomic E-state index is 0.250. The zero-order chi connectivity index (χ0) is 9.26.